The quantitative estimate of drug-likeness (QED) is 0.929. The fraction of sp³-hybridized carbons (Fsp3) is 0.476. The molecule has 1 aromatic carbocycles. The molecule has 1 saturated heterocycles. The minimum atomic E-state index is 0.147. The zero-order valence-corrected chi connectivity index (χ0v) is 14.8. The van der Waals surface area contributed by atoms with Crippen molar-refractivity contribution >= 4 is 5.91 Å². The number of nitrogens with zero attached hydrogens (tertiary/aromatic N) is 1. The molecule has 1 aliphatic heterocycles. The first-order valence-corrected chi connectivity index (χ1v) is 9.24. The van der Waals surface area contributed by atoms with Gasteiger partial charge in [0.15, 0.2) is 0 Å². The van der Waals surface area contributed by atoms with Crippen LogP contribution in [0.15, 0.2) is 47.3 Å². The van der Waals surface area contributed by atoms with Crippen LogP contribution in [0.5, 0.6) is 0 Å². The summed E-state index contributed by atoms with van der Waals surface area (Å²) in [5, 5.41) is 2.79. The van der Waals surface area contributed by atoms with E-state index in [1.807, 2.05) is 6.26 Å². The molecule has 0 unspecified atom stereocenters. The number of likely N-dealkylation sites (tertiary alicyclic amines) is 1. The maximum absolute atomic E-state index is 12.0. The van der Waals surface area contributed by atoms with Crippen molar-refractivity contribution < 1.29 is 9.21 Å². The second-order valence-corrected chi connectivity index (χ2v) is 7.55. The Hall–Kier alpha value is -2.07. The van der Waals surface area contributed by atoms with Crippen molar-refractivity contribution in [2.75, 3.05) is 20.1 Å². The molecule has 1 atom stereocenters. The molecule has 2 aliphatic rings. The summed E-state index contributed by atoms with van der Waals surface area (Å²) in [6.07, 6.45) is 7.65. The summed E-state index contributed by atoms with van der Waals surface area (Å²) in [7, 11) is 1.73. The number of benzene rings is 1. The molecule has 2 heterocycles. The summed E-state index contributed by atoms with van der Waals surface area (Å²) in [4.78, 5) is 14.5. The van der Waals surface area contributed by atoms with Crippen LogP contribution in [0.3, 0.4) is 0 Å². The molecule has 132 valence electrons. The van der Waals surface area contributed by atoms with Crippen molar-refractivity contribution in [1.82, 2.24) is 10.2 Å². The first kappa shape index (κ1) is 16.4. The SMILES string of the molecule is CNC(=O)C[C@@H]1CC2(CCN(Cc3ccoc3)CC2)c2ccccc21. The molecule has 1 spiro atoms. The minimum absolute atomic E-state index is 0.147. The number of furan rings is 1. The molecule has 1 fully saturated rings. The molecule has 4 heteroatoms. The zero-order chi connectivity index (χ0) is 17.3. The highest BCUT2D eigenvalue weighted by Crippen LogP contribution is 2.52. The smallest absolute Gasteiger partial charge is 0.220 e. The van der Waals surface area contributed by atoms with E-state index in [0.29, 0.717) is 12.3 Å². The molecule has 0 radical (unpaired) electrons. The monoisotopic (exact) mass is 338 g/mol. The maximum atomic E-state index is 12.0. The predicted octanol–water partition coefficient (Wildman–Crippen LogP) is 3.44. The largest absolute Gasteiger partial charge is 0.472 e. The van der Waals surface area contributed by atoms with Crippen molar-refractivity contribution in [1.29, 1.82) is 0 Å². The van der Waals surface area contributed by atoms with Gasteiger partial charge >= 0.3 is 0 Å². The number of hydrogen-bond acceptors (Lipinski definition) is 3. The van der Waals surface area contributed by atoms with Crippen LogP contribution < -0.4 is 5.32 Å². The molecular weight excluding hydrogens is 312 g/mol. The molecule has 25 heavy (non-hydrogen) atoms. The lowest BCUT2D eigenvalue weighted by molar-refractivity contribution is -0.121. The average molecular weight is 338 g/mol. The van der Waals surface area contributed by atoms with Crippen LogP contribution in [0.4, 0.5) is 0 Å². The van der Waals surface area contributed by atoms with E-state index in [0.717, 1.165) is 26.1 Å². The van der Waals surface area contributed by atoms with Gasteiger partial charge in [0.1, 0.15) is 0 Å². The van der Waals surface area contributed by atoms with Gasteiger partial charge in [-0.2, -0.15) is 0 Å². The summed E-state index contributed by atoms with van der Waals surface area (Å²) in [5.74, 6) is 0.505. The van der Waals surface area contributed by atoms with Gasteiger partial charge < -0.3 is 9.73 Å². The summed E-state index contributed by atoms with van der Waals surface area (Å²) >= 11 is 0. The summed E-state index contributed by atoms with van der Waals surface area (Å²) in [6.45, 7) is 3.17. The third-order valence-corrected chi connectivity index (χ3v) is 6.12. The third-order valence-electron chi connectivity index (χ3n) is 6.12. The number of piperidine rings is 1. The van der Waals surface area contributed by atoms with E-state index in [1.54, 1.807) is 13.3 Å². The van der Waals surface area contributed by atoms with Crippen molar-refractivity contribution in [3.63, 3.8) is 0 Å². The molecule has 0 saturated carbocycles. The van der Waals surface area contributed by atoms with Gasteiger partial charge in [0, 0.05) is 25.6 Å². The Morgan fingerprint density at radius 2 is 2.08 bits per heavy atom. The van der Waals surface area contributed by atoms with E-state index >= 15 is 0 Å². The van der Waals surface area contributed by atoms with Gasteiger partial charge in [0.2, 0.25) is 5.91 Å². The lowest BCUT2D eigenvalue weighted by atomic mass is 9.73. The fourth-order valence-electron chi connectivity index (χ4n) is 4.79. The van der Waals surface area contributed by atoms with Crippen LogP contribution in [0.25, 0.3) is 0 Å². The minimum Gasteiger partial charge on any atom is -0.472 e. The van der Waals surface area contributed by atoms with Gasteiger partial charge in [-0.1, -0.05) is 24.3 Å². The molecule has 1 aliphatic carbocycles. The second kappa shape index (κ2) is 6.68. The van der Waals surface area contributed by atoms with Gasteiger partial charge in [0.05, 0.1) is 12.5 Å². The molecule has 1 N–H and O–H groups in total. The first-order chi connectivity index (χ1) is 12.2. The van der Waals surface area contributed by atoms with Crippen LogP contribution >= 0.6 is 0 Å². The number of fused-ring (bicyclic) bond motifs is 2. The number of rotatable bonds is 4. The Morgan fingerprint density at radius 3 is 2.80 bits per heavy atom. The maximum Gasteiger partial charge on any atom is 0.220 e. The van der Waals surface area contributed by atoms with Crippen LogP contribution in [0, 0.1) is 0 Å². The highest BCUT2D eigenvalue weighted by Gasteiger charge is 2.45. The van der Waals surface area contributed by atoms with Crippen molar-refractivity contribution in [3.05, 3.63) is 59.5 Å². The third kappa shape index (κ3) is 3.11. The molecular formula is C21H26N2O2. The van der Waals surface area contributed by atoms with E-state index < -0.39 is 0 Å². The normalized spacial score (nSPS) is 22.0. The number of carbonyl (C=O) groups is 1. The Kier molecular flexibility index (Phi) is 4.38. The Morgan fingerprint density at radius 1 is 1.28 bits per heavy atom. The Labute approximate surface area is 149 Å². The standard InChI is InChI=1S/C21H26N2O2/c1-22-20(24)12-17-13-21(19-5-3-2-4-18(17)19)7-9-23(10-8-21)14-16-6-11-25-15-16/h2-6,11,15,17H,7-10,12-14H2,1H3,(H,22,24)/t17-/m1/s1. The molecule has 2 aromatic rings. The van der Waals surface area contributed by atoms with E-state index in [2.05, 4.69) is 40.5 Å². The lowest BCUT2D eigenvalue weighted by Gasteiger charge is -2.40. The van der Waals surface area contributed by atoms with Crippen molar-refractivity contribution in [3.8, 4) is 0 Å². The molecule has 1 aromatic heterocycles. The van der Waals surface area contributed by atoms with Crippen molar-refractivity contribution in [2.45, 2.75) is 43.6 Å². The number of amides is 1. The summed E-state index contributed by atoms with van der Waals surface area (Å²) < 4.78 is 5.19. The number of hydrogen-bond donors (Lipinski definition) is 1. The summed E-state index contributed by atoms with van der Waals surface area (Å²) in [6, 6.07) is 10.8. The predicted molar refractivity (Wildman–Crippen MR) is 97.4 cm³/mol. The van der Waals surface area contributed by atoms with Crippen molar-refractivity contribution in [2.24, 2.45) is 0 Å². The topological polar surface area (TPSA) is 45.5 Å². The fourth-order valence-corrected chi connectivity index (χ4v) is 4.79. The Bertz CT molecular complexity index is 730. The highest BCUT2D eigenvalue weighted by atomic mass is 16.3. The summed E-state index contributed by atoms with van der Waals surface area (Å²) in [5.41, 5.74) is 4.39. The van der Waals surface area contributed by atoms with Crippen LogP contribution in [0.2, 0.25) is 0 Å². The highest BCUT2D eigenvalue weighted by molar-refractivity contribution is 5.77. The number of nitrogens with one attached hydrogen (secondary N) is 1. The van der Waals surface area contributed by atoms with Crippen LogP contribution in [0.1, 0.15) is 48.3 Å². The van der Waals surface area contributed by atoms with Gasteiger partial charge in [0.25, 0.3) is 0 Å². The van der Waals surface area contributed by atoms with Gasteiger partial charge in [-0.3, -0.25) is 9.69 Å². The van der Waals surface area contributed by atoms with E-state index in [4.69, 9.17) is 4.42 Å². The molecule has 4 rings (SSSR count). The van der Waals surface area contributed by atoms with Gasteiger partial charge in [-0.15, -0.1) is 0 Å². The lowest BCUT2D eigenvalue weighted by Crippen LogP contribution is -2.41. The van der Waals surface area contributed by atoms with E-state index in [-0.39, 0.29) is 11.3 Å². The van der Waals surface area contributed by atoms with Crippen LogP contribution in [-0.2, 0) is 16.8 Å². The van der Waals surface area contributed by atoms with Gasteiger partial charge in [-0.05, 0) is 60.9 Å². The van der Waals surface area contributed by atoms with Gasteiger partial charge in [-0.25, -0.2) is 0 Å². The van der Waals surface area contributed by atoms with E-state index in [9.17, 15) is 4.79 Å². The average Bonchev–Trinajstić information content (AvgIpc) is 3.25. The molecule has 1 amide bonds. The number of carbonyl (C=O) groups excluding carboxylic acids is 1. The second-order valence-electron chi connectivity index (χ2n) is 7.55. The van der Waals surface area contributed by atoms with Crippen LogP contribution in [-0.4, -0.2) is 30.9 Å². The molecule has 0 bridgehead atoms. The van der Waals surface area contributed by atoms with E-state index in [1.165, 1.54) is 29.5 Å². The molecule has 4 nitrogen and oxygen atoms in total. The first-order valence-electron chi connectivity index (χ1n) is 9.24. The Balaban J connectivity index is 1.50. The zero-order valence-electron chi connectivity index (χ0n) is 14.8.